The Bertz CT molecular complexity index is 130. The van der Waals surface area contributed by atoms with Crippen LogP contribution in [0.2, 0.25) is 0 Å². The maximum absolute atomic E-state index is 11.7. The third-order valence-corrected chi connectivity index (χ3v) is 2.36. The Balaban J connectivity index is 2.06. The van der Waals surface area contributed by atoms with Crippen molar-refractivity contribution in [1.82, 2.24) is 10.6 Å². The number of hydrogen-bond acceptors (Lipinski definition) is 2. The summed E-state index contributed by atoms with van der Waals surface area (Å²) in [6.45, 7) is 3.63. The van der Waals surface area contributed by atoms with Crippen LogP contribution in [0.1, 0.15) is 13.3 Å². The molecule has 0 bridgehead atoms. The lowest BCUT2D eigenvalue weighted by Gasteiger charge is -2.15. The normalized spacial score (nSPS) is 30.0. The zero-order valence-electron chi connectivity index (χ0n) is 7.32. The Morgan fingerprint density at radius 1 is 1.58 bits per heavy atom. The second-order valence-corrected chi connectivity index (χ2v) is 3.38. The first-order valence-corrected chi connectivity index (χ1v) is 4.42. The minimum Gasteiger partial charge on any atom is -0.312 e. The highest BCUT2D eigenvalue weighted by atomic mass is 19.3. The van der Waals surface area contributed by atoms with Crippen molar-refractivity contribution in [2.75, 3.05) is 19.6 Å². The van der Waals surface area contributed by atoms with Gasteiger partial charge in [-0.05, 0) is 18.9 Å². The maximum Gasteiger partial charge on any atom is 0.250 e. The Morgan fingerprint density at radius 3 is 2.83 bits per heavy atom. The van der Waals surface area contributed by atoms with E-state index in [0.29, 0.717) is 18.5 Å². The van der Waals surface area contributed by atoms with Gasteiger partial charge in [0.15, 0.2) is 0 Å². The van der Waals surface area contributed by atoms with Gasteiger partial charge in [0.05, 0.1) is 6.54 Å². The summed E-state index contributed by atoms with van der Waals surface area (Å²) in [5.74, 6) is 0.607. The molecule has 2 atom stereocenters. The number of nitrogens with one attached hydrogen (secondary N) is 2. The van der Waals surface area contributed by atoms with Crippen molar-refractivity contribution >= 4 is 0 Å². The molecular weight excluding hydrogens is 162 g/mol. The van der Waals surface area contributed by atoms with Gasteiger partial charge in [-0.2, -0.15) is 0 Å². The molecule has 0 aromatic carbocycles. The molecule has 1 rings (SSSR count). The summed E-state index contributed by atoms with van der Waals surface area (Å²) >= 11 is 0. The van der Waals surface area contributed by atoms with Crippen molar-refractivity contribution in [2.45, 2.75) is 25.8 Å². The van der Waals surface area contributed by atoms with Gasteiger partial charge >= 0.3 is 0 Å². The van der Waals surface area contributed by atoms with E-state index in [2.05, 4.69) is 17.6 Å². The van der Waals surface area contributed by atoms with E-state index >= 15 is 0 Å². The molecule has 0 aromatic heterocycles. The average molecular weight is 178 g/mol. The van der Waals surface area contributed by atoms with Crippen LogP contribution in [0.4, 0.5) is 8.78 Å². The summed E-state index contributed by atoms with van der Waals surface area (Å²) in [4.78, 5) is 0. The Kier molecular flexibility index (Phi) is 3.88. The summed E-state index contributed by atoms with van der Waals surface area (Å²) in [7, 11) is 0. The molecule has 0 amide bonds. The van der Waals surface area contributed by atoms with Crippen LogP contribution < -0.4 is 10.6 Å². The van der Waals surface area contributed by atoms with Crippen molar-refractivity contribution < 1.29 is 8.78 Å². The first-order valence-electron chi connectivity index (χ1n) is 4.42. The summed E-state index contributed by atoms with van der Waals surface area (Å²) < 4.78 is 23.4. The smallest absolute Gasteiger partial charge is 0.250 e. The van der Waals surface area contributed by atoms with Crippen molar-refractivity contribution in [3.05, 3.63) is 0 Å². The second kappa shape index (κ2) is 4.72. The van der Waals surface area contributed by atoms with Gasteiger partial charge in [-0.25, -0.2) is 8.78 Å². The first kappa shape index (κ1) is 9.86. The molecule has 1 heterocycles. The van der Waals surface area contributed by atoms with Gasteiger partial charge < -0.3 is 10.6 Å². The molecule has 1 aliphatic heterocycles. The fourth-order valence-corrected chi connectivity index (χ4v) is 1.52. The maximum atomic E-state index is 11.7. The number of halogens is 2. The van der Waals surface area contributed by atoms with Crippen LogP contribution in [0, 0.1) is 5.92 Å². The van der Waals surface area contributed by atoms with E-state index < -0.39 is 6.43 Å². The first-order chi connectivity index (χ1) is 5.70. The standard InChI is InChI=1S/C8H16F2N2/c1-6-2-3-12-7(6)4-11-5-8(9)10/h6-8,11-12H,2-5H2,1H3. The van der Waals surface area contributed by atoms with Gasteiger partial charge in [0.25, 0.3) is 6.43 Å². The third-order valence-electron chi connectivity index (χ3n) is 2.36. The van der Waals surface area contributed by atoms with E-state index in [-0.39, 0.29) is 6.54 Å². The predicted octanol–water partition coefficient (Wildman–Crippen LogP) is 0.839. The SMILES string of the molecule is CC1CCNC1CNCC(F)F. The van der Waals surface area contributed by atoms with Gasteiger partial charge in [-0.1, -0.05) is 6.92 Å². The number of alkyl halides is 2. The topological polar surface area (TPSA) is 24.1 Å². The fraction of sp³-hybridized carbons (Fsp3) is 1.00. The molecule has 2 N–H and O–H groups in total. The predicted molar refractivity (Wildman–Crippen MR) is 44.4 cm³/mol. The number of hydrogen-bond donors (Lipinski definition) is 2. The lowest BCUT2D eigenvalue weighted by molar-refractivity contribution is 0.144. The molecule has 2 nitrogen and oxygen atoms in total. The van der Waals surface area contributed by atoms with Crippen LogP contribution in [0.15, 0.2) is 0 Å². The van der Waals surface area contributed by atoms with Gasteiger partial charge in [0.2, 0.25) is 0 Å². The summed E-state index contributed by atoms with van der Waals surface area (Å²) in [5, 5.41) is 6.02. The van der Waals surface area contributed by atoms with E-state index in [0.717, 1.165) is 13.0 Å². The quantitative estimate of drug-likeness (QED) is 0.666. The fourth-order valence-electron chi connectivity index (χ4n) is 1.52. The van der Waals surface area contributed by atoms with Crippen molar-refractivity contribution in [3.8, 4) is 0 Å². The molecule has 1 aliphatic rings. The Morgan fingerprint density at radius 2 is 2.33 bits per heavy atom. The zero-order chi connectivity index (χ0) is 8.97. The van der Waals surface area contributed by atoms with E-state index in [1.54, 1.807) is 0 Å². The second-order valence-electron chi connectivity index (χ2n) is 3.38. The van der Waals surface area contributed by atoms with Crippen LogP contribution in [0.5, 0.6) is 0 Å². The Hall–Kier alpha value is -0.220. The summed E-state index contributed by atoms with van der Waals surface area (Å²) in [6.07, 6.45) is -1.08. The zero-order valence-corrected chi connectivity index (χ0v) is 7.32. The average Bonchev–Trinajstić information content (AvgIpc) is 2.36. The molecule has 0 aliphatic carbocycles. The van der Waals surface area contributed by atoms with Crippen LogP contribution in [0.25, 0.3) is 0 Å². The molecule has 0 radical (unpaired) electrons. The third kappa shape index (κ3) is 3.03. The lowest BCUT2D eigenvalue weighted by Crippen LogP contribution is -2.38. The molecule has 0 saturated carbocycles. The minimum atomic E-state index is -2.23. The largest absolute Gasteiger partial charge is 0.312 e. The van der Waals surface area contributed by atoms with Gasteiger partial charge in [-0.15, -0.1) is 0 Å². The lowest BCUT2D eigenvalue weighted by atomic mass is 10.0. The van der Waals surface area contributed by atoms with Crippen molar-refractivity contribution in [3.63, 3.8) is 0 Å². The molecule has 12 heavy (non-hydrogen) atoms. The molecule has 1 saturated heterocycles. The van der Waals surface area contributed by atoms with Gasteiger partial charge in [-0.3, -0.25) is 0 Å². The molecule has 2 unspecified atom stereocenters. The highest BCUT2D eigenvalue weighted by Crippen LogP contribution is 2.13. The molecule has 4 heteroatoms. The van der Waals surface area contributed by atoms with E-state index in [9.17, 15) is 8.78 Å². The van der Waals surface area contributed by atoms with E-state index in [1.165, 1.54) is 0 Å². The van der Waals surface area contributed by atoms with Crippen LogP contribution in [0.3, 0.4) is 0 Å². The van der Waals surface area contributed by atoms with Crippen LogP contribution in [-0.4, -0.2) is 32.1 Å². The van der Waals surface area contributed by atoms with Crippen LogP contribution >= 0.6 is 0 Å². The van der Waals surface area contributed by atoms with Crippen molar-refractivity contribution in [1.29, 1.82) is 0 Å². The molecular formula is C8H16F2N2. The molecule has 1 fully saturated rings. The highest BCUT2D eigenvalue weighted by Gasteiger charge is 2.21. The highest BCUT2D eigenvalue weighted by molar-refractivity contribution is 4.82. The monoisotopic (exact) mass is 178 g/mol. The van der Waals surface area contributed by atoms with Gasteiger partial charge in [0, 0.05) is 12.6 Å². The molecule has 72 valence electrons. The van der Waals surface area contributed by atoms with Crippen LogP contribution in [-0.2, 0) is 0 Å². The molecule has 0 aromatic rings. The van der Waals surface area contributed by atoms with Crippen molar-refractivity contribution in [2.24, 2.45) is 5.92 Å². The molecule has 0 spiro atoms. The van der Waals surface area contributed by atoms with E-state index in [1.807, 2.05) is 0 Å². The Labute approximate surface area is 71.7 Å². The minimum absolute atomic E-state index is 0.190. The van der Waals surface area contributed by atoms with E-state index in [4.69, 9.17) is 0 Å². The summed E-state index contributed by atoms with van der Waals surface area (Å²) in [6, 6.07) is 0.378. The van der Waals surface area contributed by atoms with Gasteiger partial charge in [0.1, 0.15) is 0 Å². The number of rotatable bonds is 4. The summed E-state index contributed by atoms with van der Waals surface area (Å²) in [5.41, 5.74) is 0.